The third-order valence-corrected chi connectivity index (χ3v) is 2.90. The van der Waals surface area contributed by atoms with Crippen LogP contribution in [0, 0.1) is 5.82 Å². The van der Waals surface area contributed by atoms with E-state index in [1.807, 2.05) is 0 Å². The maximum Gasteiger partial charge on any atom is 0.222 e. The quantitative estimate of drug-likeness (QED) is 0.811. The number of hydrogen-bond acceptors (Lipinski definition) is 3. The fraction of sp³-hybridized carbons (Fsp3) is 0.417. The molecule has 1 saturated heterocycles. The molecule has 0 aliphatic carbocycles. The number of halogens is 1. The van der Waals surface area contributed by atoms with Gasteiger partial charge in [0.1, 0.15) is 11.6 Å². The molecule has 2 rings (SSSR count). The van der Waals surface area contributed by atoms with Crippen LogP contribution in [0.1, 0.15) is 24.4 Å². The summed E-state index contributed by atoms with van der Waals surface area (Å²) in [5.74, 6) is -0.0644. The molecule has 4 nitrogen and oxygen atoms in total. The van der Waals surface area contributed by atoms with Gasteiger partial charge < -0.3 is 15.8 Å². The van der Waals surface area contributed by atoms with Crippen molar-refractivity contribution in [1.82, 2.24) is 5.32 Å². The smallest absolute Gasteiger partial charge is 0.222 e. The Bertz CT molecular complexity index is 437. The first-order chi connectivity index (χ1) is 8.10. The zero-order valence-corrected chi connectivity index (χ0v) is 9.57. The number of methoxy groups -OCH3 is 1. The second-order valence-corrected chi connectivity index (χ2v) is 4.21. The van der Waals surface area contributed by atoms with E-state index in [1.54, 1.807) is 12.1 Å². The summed E-state index contributed by atoms with van der Waals surface area (Å²) in [5, 5.41) is 2.74. The minimum absolute atomic E-state index is 0.135. The van der Waals surface area contributed by atoms with Crippen molar-refractivity contribution in [3.8, 4) is 5.75 Å². The van der Waals surface area contributed by atoms with E-state index in [0.29, 0.717) is 24.2 Å². The third-order valence-electron chi connectivity index (χ3n) is 2.90. The summed E-state index contributed by atoms with van der Waals surface area (Å²) in [4.78, 5) is 11.4. The molecule has 1 aliphatic rings. The van der Waals surface area contributed by atoms with Crippen molar-refractivity contribution in [2.75, 3.05) is 7.11 Å². The van der Waals surface area contributed by atoms with Gasteiger partial charge in [-0.15, -0.1) is 0 Å². The zero-order chi connectivity index (χ0) is 12.4. The summed E-state index contributed by atoms with van der Waals surface area (Å²) in [7, 11) is 1.48. The highest BCUT2D eigenvalue weighted by Crippen LogP contribution is 2.27. The largest absolute Gasteiger partial charge is 0.497 e. The Balaban J connectivity index is 2.24. The molecule has 1 fully saturated rings. The molecule has 17 heavy (non-hydrogen) atoms. The van der Waals surface area contributed by atoms with Gasteiger partial charge in [-0.3, -0.25) is 4.79 Å². The summed E-state index contributed by atoms with van der Waals surface area (Å²) in [6, 6.07) is 4.04. The van der Waals surface area contributed by atoms with Crippen LogP contribution in [0.3, 0.4) is 0 Å². The van der Waals surface area contributed by atoms with Gasteiger partial charge in [0.2, 0.25) is 5.91 Å². The standard InChI is InChI=1S/C12H15FN2O2/c1-17-8-2-3-9(10(13)6-8)11-4-7(14)5-12(16)15-11/h2-3,6-7,11H,4-5,14H2,1H3,(H,15,16). The third kappa shape index (κ3) is 2.55. The maximum absolute atomic E-state index is 13.8. The van der Waals surface area contributed by atoms with E-state index >= 15 is 0 Å². The van der Waals surface area contributed by atoms with Gasteiger partial charge in [0, 0.05) is 24.1 Å². The van der Waals surface area contributed by atoms with Gasteiger partial charge in [0.05, 0.1) is 13.2 Å². The number of benzene rings is 1. The van der Waals surface area contributed by atoms with Crippen molar-refractivity contribution in [1.29, 1.82) is 0 Å². The number of nitrogens with one attached hydrogen (secondary N) is 1. The van der Waals surface area contributed by atoms with Gasteiger partial charge >= 0.3 is 0 Å². The average molecular weight is 238 g/mol. The van der Waals surface area contributed by atoms with Crippen LogP contribution in [0.5, 0.6) is 5.75 Å². The number of nitrogens with two attached hydrogens (primary N) is 1. The van der Waals surface area contributed by atoms with Crippen molar-refractivity contribution in [2.24, 2.45) is 5.73 Å². The lowest BCUT2D eigenvalue weighted by molar-refractivity contribution is -0.123. The molecule has 2 unspecified atom stereocenters. The predicted octanol–water partition coefficient (Wildman–Crippen LogP) is 1.11. The molecule has 1 heterocycles. The number of carbonyl (C=O) groups excluding carboxylic acids is 1. The molecule has 0 spiro atoms. The number of piperidine rings is 1. The Morgan fingerprint density at radius 1 is 1.53 bits per heavy atom. The number of carbonyl (C=O) groups is 1. The van der Waals surface area contributed by atoms with Crippen LogP contribution >= 0.6 is 0 Å². The highest BCUT2D eigenvalue weighted by Gasteiger charge is 2.27. The molecule has 5 heteroatoms. The summed E-state index contributed by atoms with van der Waals surface area (Å²) < 4.78 is 18.7. The molecule has 2 atom stereocenters. The Morgan fingerprint density at radius 3 is 2.88 bits per heavy atom. The summed E-state index contributed by atoms with van der Waals surface area (Å²) in [5.41, 5.74) is 6.20. The molecule has 1 aromatic rings. The van der Waals surface area contributed by atoms with Crippen molar-refractivity contribution in [3.63, 3.8) is 0 Å². The van der Waals surface area contributed by atoms with E-state index in [0.717, 1.165) is 0 Å². The molecular formula is C12H15FN2O2. The van der Waals surface area contributed by atoms with Crippen LogP contribution in [0.4, 0.5) is 4.39 Å². The molecule has 1 aliphatic heterocycles. The highest BCUT2D eigenvalue weighted by atomic mass is 19.1. The second-order valence-electron chi connectivity index (χ2n) is 4.21. The topological polar surface area (TPSA) is 64.3 Å². The molecule has 0 radical (unpaired) electrons. The maximum atomic E-state index is 13.8. The monoisotopic (exact) mass is 238 g/mol. The lowest BCUT2D eigenvalue weighted by Crippen LogP contribution is -2.42. The lowest BCUT2D eigenvalue weighted by atomic mass is 9.93. The van der Waals surface area contributed by atoms with Crippen LogP contribution in [0.25, 0.3) is 0 Å². The van der Waals surface area contributed by atoms with Gasteiger partial charge in [-0.05, 0) is 12.5 Å². The van der Waals surface area contributed by atoms with E-state index in [1.165, 1.54) is 13.2 Å². The van der Waals surface area contributed by atoms with Crippen LogP contribution in [-0.4, -0.2) is 19.1 Å². The molecule has 0 saturated carbocycles. The van der Waals surface area contributed by atoms with Crippen LogP contribution in [0.2, 0.25) is 0 Å². The van der Waals surface area contributed by atoms with Gasteiger partial charge in [0.25, 0.3) is 0 Å². The van der Waals surface area contributed by atoms with E-state index in [-0.39, 0.29) is 23.8 Å². The molecule has 92 valence electrons. The normalized spacial score (nSPS) is 24.3. The molecule has 0 bridgehead atoms. The van der Waals surface area contributed by atoms with Crippen molar-refractivity contribution < 1.29 is 13.9 Å². The molecule has 1 aromatic carbocycles. The van der Waals surface area contributed by atoms with Crippen LogP contribution in [0.15, 0.2) is 18.2 Å². The van der Waals surface area contributed by atoms with E-state index < -0.39 is 0 Å². The van der Waals surface area contributed by atoms with Gasteiger partial charge in [-0.25, -0.2) is 4.39 Å². The Morgan fingerprint density at radius 2 is 2.29 bits per heavy atom. The first kappa shape index (κ1) is 11.9. The Hall–Kier alpha value is -1.62. The van der Waals surface area contributed by atoms with Gasteiger partial charge in [0.15, 0.2) is 0 Å². The lowest BCUT2D eigenvalue weighted by Gasteiger charge is -2.28. The summed E-state index contributed by atoms with van der Waals surface area (Å²) in [6.07, 6.45) is 0.850. The predicted molar refractivity (Wildman–Crippen MR) is 61.0 cm³/mol. The number of ether oxygens (including phenoxy) is 1. The summed E-state index contributed by atoms with van der Waals surface area (Å²) >= 11 is 0. The first-order valence-electron chi connectivity index (χ1n) is 5.48. The zero-order valence-electron chi connectivity index (χ0n) is 9.57. The number of rotatable bonds is 2. The minimum Gasteiger partial charge on any atom is -0.497 e. The van der Waals surface area contributed by atoms with Gasteiger partial charge in [-0.1, -0.05) is 6.07 Å². The Kier molecular flexibility index (Phi) is 3.28. The van der Waals surface area contributed by atoms with E-state index in [2.05, 4.69) is 5.32 Å². The molecular weight excluding hydrogens is 223 g/mol. The van der Waals surface area contributed by atoms with Gasteiger partial charge in [-0.2, -0.15) is 0 Å². The minimum atomic E-state index is -0.385. The molecule has 3 N–H and O–H groups in total. The number of amides is 1. The van der Waals surface area contributed by atoms with Crippen molar-refractivity contribution >= 4 is 5.91 Å². The molecule has 1 amide bonds. The van der Waals surface area contributed by atoms with E-state index in [9.17, 15) is 9.18 Å². The van der Waals surface area contributed by atoms with Crippen LogP contribution < -0.4 is 15.8 Å². The Labute approximate surface area is 98.9 Å². The molecule has 0 aromatic heterocycles. The fourth-order valence-corrected chi connectivity index (χ4v) is 2.06. The van der Waals surface area contributed by atoms with Crippen molar-refractivity contribution in [2.45, 2.75) is 24.9 Å². The SMILES string of the molecule is COc1ccc(C2CC(N)CC(=O)N2)c(F)c1. The fourth-order valence-electron chi connectivity index (χ4n) is 2.06. The van der Waals surface area contributed by atoms with Crippen molar-refractivity contribution in [3.05, 3.63) is 29.6 Å². The number of hydrogen-bond donors (Lipinski definition) is 2. The first-order valence-corrected chi connectivity index (χ1v) is 5.48. The average Bonchev–Trinajstić information content (AvgIpc) is 2.27. The summed E-state index contributed by atoms with van der Waals surface area (Å²) in [6.45, 7) is 0. The highest BCUT2D eigenvalue weighted by molar-refractivity contribution is 5.78. The van der Waals surface area contributed by atoms with Crippen LogP contribution in [-0.2, 0) is 4.79 Å². The van der Waals surface area contributed by atoms with E-state index in [4.69, 9.17) is 10.5 Å². The second kappa shape index (κ2) is 4.71.